The third kappa shape index (κ3) is 5.53. The summed E-state index contributed by atoms with van der Waals surface area (Å²) in [6.07, 6.45) is 5.38. The lowest BCUT2D eigenvalue weighted by Gasteiger charge is -2.25. The van der Waals surface area contributed by atoms with Crippen LogP contribution in [-0.4, -0.2) is 43.1 Å². The molecule has 1 amide bonds. The van der Waals surface area contributed by atoms with Gasteiger partial charge in [0.05, 0.1) is 29.2 Å². The number of anilines is 5. The summed E-state index contributed by atoms with van der Waals surface area (Å²) in [5, 5.41) is 10.6. The molecule has 1 aliphatic rings. The lowest BCUT2D eigenvalue weighted by molar-refractivity contribution is 0.0365. The number of hydroxylamine groups is 1. The Labute approximate surface area is 199 Å². The Morgan fingerprint density at radius 3 is 2.68 bits per heavy atom. The van der Waals surface area contributed by atoms with Crippen LogP contribution in [0.5, 0.6) is 0 Å². The molecule has 1 atom stereocenters. The first-order valence-corrected chi connectivity index (χ1v) is 11.8. The second-order valence-corrected chi connectivity index (χ2v) is 8.85. The maximum absolute atomic E-state index is 12.7. The van der Waals surface area contributed by atoms with Crippen molar-refractivity contribution in [1.82, 2.24) is 20.2 Å². The fourth-order valence-corrected chi connectivity index (χ4v) is 3.74. The number of amides is 1. The van der Waals surface area contributed by atoms with Gasteiger partial charge in [0, 0.05) is 49.9 Å². The van der Waals surface area contributed by atoms with Crippen molar-refractivity contribution < 1.29 is 18.4 Å². The minimum absolute atomic E-state index is 0.225. The highest BCUT2D eigenvalue weighted by atomic mass is 32.2. The summed E-state index contributed by atoms with van der Waals surface area (Å²) < 4.78 is 26.3. The molecule has 0 bridgehead atoms. The highest BCUT2D eigenvalue weighted by molar-refractivity contribution is 7.80. The molecule has 34 heavy (non-hydrogen) atoms. The van der Waals surface area contributed by atoms with Gasteiger partial charge >= 0.3 is 0 Å². The number of rotatable bonds is 10. The molecule has 3 aromatic rings. The minimum Gasteiger partial charge on any atom is -0.755 e. The number of carbonyl (C=O) groups excluding carboxylic acids is 1. The van der Waals surface area contributed by atoms with Gasteiger partial charge in [-0.05, 0) is 43.4 Å². The normalized spacial score (nSPS) is 13.9. The molecule has 180 valence electrons. The third-order valence-corrected chi connectivity index (χ3v) is 5.97. The van der Waals surface area contributed by atoms with Gasteiger partial charge in [0.1, 0.15) is 5.82 Å². The summed E-state index contributed by atoms with van der Waals surface area (Å²) in [5.41, 5.74) is 5.09. The van der Waals surface area contributed by atoms with Crippen LogP contribution in [0.1, 0.15) is 41.6 Å². The van der Waals surface area contributed by atoms with Gasteiger partial charge in [-0.25, -0.2) is 10.5 Å². The van der Waals surface area contributed by atoms with Gasteiger partial charge < -0.3 is 19.5 Å². The van der Waals surface area contributed by atoms with Crippen molar-refractivity contribution in [1.29, 1.82) is 0 Å². The average molecular weight is 485 g/mol. The van der Waals surface area contributed by atoms with E-state index in [1.165, 1.54) is 13.2 Å². The predicted molar refractivity (Wildman–Crippen MR) is 129 cm³/mol. The second-order valence-electron chi connectivity index (χ2n) is 7.87. The van der Waals surface area contributed by atoms with Crippen LogP contribution in [0.2, 0.25) is 0 Å². The molecule has 2 aromatic heterocycles. The highest BCUT2D eigenvalue weighted by Crippen LogP contribution is 2.43. The minimum atomic E-state index is -2.47. The maximum atomic E-state index is 12.7. The fraction of sp³-hybridized carbons (Fsp3) is 0.318. The number of hydrogen-bond acceptors (Lipinski definition) is 8. The van der Waals surface area contributed by atoms with Crippen molar-refractivity contribution in [3.05, 3.63) is 53.9 Å². The first-order chi connectivity index (χ1) is 16.4. The molecule has 11 nitrogen and oxygen atoms in total. The van der Waals surface area contributed by atoms with Crippen molar-refractivity contribution in [2.75, 3.05) is 28.6 Å². The van der Waals surface area contributed by atoms with Crippen molar-refractivity contribution in [3.63, 3.8) is 0 Å². The molecule has 0 radical (unpaired) electrons. The number of hydrogen-bond donors (Lipinski definition) is 3. The highest BCUT2D eigenvalue weighted by Gasteiger charge is 2.25. The average Bonchev–Trinajstić information content (AvgIpc) is 3.59. The lowest BCUT2D eigenvalue weighted by Crippen LogP contribution is -2.25. The van der Waals surface area contributed by atoms with Crippen LogP contribution in [-0.2, 0) is 23.2 Å². The Kier molecular flexibility index (Phi) is 7.10. The van der Waals surface area contributed by atoms with E-state index in [0.717, 1.165) is 22.7 Å². The number of pyridine rings is 1. The summed E-state index contributed by atoms with van der Waals surface area (Å²) in [5.74, 6) is 0.997. The van der Waals surface area contributed by atoms with Crippen molar-refractivity contribution in [2.24, 2.45) is 7.05 Å². The van der Waals surface area contributed by atoms with Gasteiger partial charge in [0.25, 0.3) is 5.91 Å². The van der Waals surface area contributed by atoms with Crippen LogP contribution < -0.4 is 20.4 Å². The van der Waals surface area contributed by atoms with Gasteiger partial charge in [-0.3, -0.25) is 18.5 Å². The summed E-state index contributed by atoms with van der Waals surface area (Å²) in [6, 6.07) is 9.10. The van der Waals surface area contributed by atoms with Crippen LogP contribution >= 0.6 is 0 Å². The molecule has 0 aliphatic heterocycles. The molecular formula is C22H26N7O4S-. The van der Waals surface area contributed by atoms with E-state index in [1.807, 2.05) is 18.2 Å². The SMILES string of the molecule is CCONC(=O)c1cnc(Nc2ccn(C)n2)cc1Nc1ccc(C2CC2)cc1N(C)S(=O)[O-]. The number of aromatic nitrogens is 3. The van der Waals surface area contributed by atoms with Crippen LogP contribution in [0, 0.1) is 0 Å². The van der Waals surface area contributed by atoms with E-state index in [0.29, 0.717) is 41.2 Å². The zero-order valence-corrected chi connectivity index (χ0v) is 19.9. The number of aryl methyl sites for hydroxylation is 1. The van der Waals surface area contributed by atoms with E-state index < -0.39 is 17.2 Å². The van der Waals surface area contributed by atoms with E-state index in [1.54, 1.807) is 37.0 Å². The molecule has 12 heteroatoms. The van der Waals surface area contributed by atoms with Crippen LogP contribution in [0.3, 0.4) is 0 Å². The van der Waals surface area contributed by atoms with Gasteiger partial charge in [-0.2, -0.15) is 5.10 Å². The molecule has 1 unspecified atom stereocenters. The predicted octanol–water partition coefficient (Wildman–Crippen LogP) is 3.09. The Hall–Kier alpha value is -3.48. The fourth-order valence-electron chi connectivity index (χ4n) is 3.42. The smallest absolute Gasteiger partial charge is 0.278 e. The van der Waals surface area contributed by atoms with Gasteiger partial charge in [0.15, 0.2) is 5.82 Å². The van der Waals surface area contributed by atoms with Crippen molar-refractivity contribution >= 4 is 45.9 Å². The number of nitrogens with zero attached hydrogens (tertiary/aromatic N) is 4. The molecule has 3 N–H and O–H groups in total. The maximum Gasteiger partial charge on any atom is 0.278 e. The molecule has 1 saturated carbocycles. The van der Waals surface area contributed by atoms with E-state index in [4.69, 9.17) is 4.84 Å². The number of nitrogens with one attached hydrogen (secondary N) is 3. The lowest BCUT2D eigenvalue weighted by atomic mass is 10.1. The standard InChI is InChI=1S/C22H27N7O4S/c1-4-33-27-22(30)16-13-23-21(25-20-9-10-28(2)26-20)12-18(16)24-17-8-7-15(14-5-6-14)11-19(17)29(3)34(31)32/h7-14H,4-6H2,1-3H3,(H,27,30)(H,31,32)(H2,23,24,25,26)/p-1. The molecular weight excluding hydrogens is 458 g/mol. The topological polar surface area (TPSA) is 136 Å². The molecule has 1 aromatic carbocycles. The quantitative estimate of drug-likeness (QED) is 0.295. The number of benzene rings is 1. The summed E-state index contributed by atoms with van der Waals surface area (Å²) in [7, 11) is 3.28. The molecule has 4 rings (SSSR count). The summed E-state index contributed by atoms with van der Waals surface area (Å²) in [6.45, 7) is 2.05. The van der Waals surface area contributed by atoms with Crippen molar-refractivity contribution in [3.8, 4) is 0 Å². The van der Waals surface area contributed by atoms with E-state index in [2.05, 4.69) is 26.2 Å². The first-order valence-electron chi connectivity index (χ1n) is 10.8. The Morgan fingerprint density at radius 1 is 1.24 bits per heavy atom. The Bertz CT molecular complexity index is 1210. The molecule has 0 saturated heterocycles. The van der Waals surface area contributed by atoms with Gasteiger partial charge in [-0.15, -0.1) is 0 Å². The third-order valence-electron chi connectivity index (χ3n) is 5.33. The summed E-state index contributed by atoms with van der Waals surface area (Å²) >= 11 is -2.47. The largest absolute Gasteiger partial charge is 0.755 e. The molecule has 1 aliphatic carbocycles. The summed E-state index contributed by atoms with van der Waals surface area (Å²) in [4.78, 5) is 22.1. The zero-order valence-electron chi connectivity index (χ0n) is 19.1. The van der Waals surface area contributed by atoms with E-state index >= 15 is 0 Å². The van der Waals surface area contributed by atoms with Crippen LogP contribution in [0.4, 0.5) is 28.7 Å². The van der Waals surface area contributed by atoms with Crippen molar-refractivity contribution in [2.45, 2.75) is 25.7 Å². The first kappa shape index (κ1) is 23.7. The van der Waals surface area contributed by atoms with E-state index in [9.17, 15) is 13.6 Å². The van der Waals surface area contributed by atoms with Gasteiger partial charge in [-0.1, -0.05) is 6.07 Å². The molecule has 2 heterocycles. The molecule has 0 spiro atoms. The zero-order chi connectivity index (χ0) is 24.2. The second kappa shape index (κ2) is 10.2. The van der Waals surface area contributed by atoms with Crippen LogP contribution in [0.15, 0.2) is 42.7 Å². The molecule has 1 fully saturated rings. The number of carbonyl (C=O) groups is 1. The Morgan fingerprint density at radius 2 is 2.03 bits per heavy atom. The monoisotopic (exact) mass is 484 g/mol. The Balaban J connectivity index is 1.71. The van der Waals surface area contributed by atoms with Crippen LogP contribution in [0.25, 0.3) is 0 Å². The van der Waals surface area contributed by atoms with Gasteiger partial charge in [0.2, 0.25) is 0 Å². The van der Waals surface area contributed by atoms with E-state index in [-0.39, 0.29) is 5.56 Å².